The molecule has 1 aromatic rings. The fourth-order valence-corrected chi connectivity index (χ4v) is 3.03. The molecule has 112 valence electrons. The van der Waals surface area contributed by atoms with Gasteiger partial charge in [-0.15, -0.1) is 0 Å². The maximum atomic E-state index is 5.83. The second-order valence-corrected chi connectivity index (χ2v) is 6.63. The van der Waals surface area contributed by atoms with Crippen LogP contribution in [0, 0.1) is 12.3 Å². The van der Waals surface area contributed by atoms with E-state index in [1.165, 1.54) is 5.56 Å². The summed E-state index contributed by atoms with van der Waals surface area (Å²) in [7, 11) is 1.68. The summed E-state index contributed by atoms with van der Waals surface area (Å²) in [5.74, 6) is 2.06. The van der Waals surface area contributed by atoms with Gasteiger partial charge in [0, 0.05) is 25.6 Å². The van der Waals surface area contributed by atoms with E-state index in [2.05, 4.69) is 30.5 Å². The minimum Gasteiger partial charge on any atom is -0.466 e. The van der Waals surface area contributed by atoms with Crippen molar-refractivity contribution >= 4 is 17.3 Å². The first-order chi connectivity index (χ1) is 9.41. The van der Waals surface area contributed by atoms with E-state index >= 15 is 0 Å². The van der Waals surface area contributed by atoms with Crippen LogP contribution >= 0.6 is 12.2 Å². The van der Waals surface area contributed by atoms with Crippen LogP contribution < -0.4 is 10.6 Å². The monoisotopic (exact) mass is 296 g/mol. The van der Waals surface area contributed by atoms with Gasteiger partial charge in [0.05, 0.1) is 12.6 Å². The van der Waals surface area contributed by atoms with E-state index in [-0.39, 0.29) is 11.5 Å². The van der Waals surface area contributed by atoms with Crippen LogP contribution in [0.4, 0.5) is 0 Å². The van der Waals surface area contributed by atoms with Gasteiger partial charge in [-0.05, 0) is 37.0 Å². The molecular weight excluding hydrogens is 272 g/mol. The molecule has 2 rings (SSSR count). The topological polar surface area (TPSA) is 46.4 Å². The van der Waals surface area contributed by atoms with Crippen molar-refractivity contribution in [3.8, 4) is 0 Å². The predicted octanol–water partition coefficient (Wildman–Crippen LogP) is 2.71. The summed E-state index contributed by atoms with van der Waals surface area (Å²) in [4.78, 5) is 0. The molecule has 2 N–H and O–H groups in total. The van der Waals surface area contributed by atoms with Gasteiger partial charge in [-0.25, -0.2) is 0 Å². The number of rotatable bonds is 4. The smallest absolute Gasteiger partial charge is 0.166 e. The van der Waals surface area contributed by atoms with Gasteiger partial charge in [0.15, 0.2) is 5.11 Å². The standard InChI is InChI=1S/C15H24N2O2S/c1-10-7-11-12(17-14(20)16-5-6-18-4)8-15(2,3)9-13(11)19-10/h7,12H,5-6,8-9H2,1-4H3,(H2,16,17,20)/t12-/m1/s1. The van der Waals surface area contributed by atoms with E-state index in [1.807, 2.05) is 6.92 Å². The van der Waals surface area contributed by atoms with Crippen molar-refractivity contribution in [2.75, 3.05) is 20.3 Å². The normalized spacial score (nSPS) is 20.3. The Morgan fingerprint density at radius 2 is 2.30 bits per heavy atom. The highest BCUT2D eigenvalue weighted by Gasteiger charge is 2.35. The third kappa shape index (κ3) is 3.73. The molecule has 0 saturated carbocycles. The van der Waals surface area contributed by atoms with E-state index in [0.29, 0.717) is 11.7 Å². The minimum atomic E-state index is 0.216. The molecule has 0 bridgehead atoms. The Morgan fingerprint density at radius 3 is 3.00 bits per heavy atom. The quantitative estimate of drug-likeness (QED) is 0.661. The summed E-state index contributed by atoms with van der Waals surface area (Å²) >= 11 is 5.35. The molecule has 5 heteroatoms. The molecule has 1 aliphatic carbocycles. The fraction of sp³-hybridized carbons (Fsp3) is 0.667. The zero-order valence-electron chi connectivity index (χ0n) is 12.7. The molecule has 1 heterocycles. The van der Waals surface area contributed by atoms with E-state index < -0.39 is 0 Å². The number of hydrogen-bond donors (Lipinski definition) is 2. The summed E-state index contributed by atoms with van der Waals surface area (Å²) in [5, 5.41) is 7.24. The zero-order chi connectivity index (χ0) is 14.8. The van der Waals surface area contributed by atoms with Crippen molar-refractivity contribution < 1.29 is 9.15 Å². The lowest BCUT2D eigenvalue weighted by Gasteiger charge is -2.35. The Morgan fingerprint density at radius 1 is 1.55 bits per heavy atom. The average molecular weight is 296 g/mol. The summed E-state index contributed by atoms with van der Waals surface area (Å²) in [5.41, 5.74) is 1.47. The van der Waals surface area contributed by atoms with Crippen LogP contribution in [0.3, 0.4) is 0 Å². The maximum Gasteiger partial charge on any atom is 0.166 e. The highest BCUT2D eigenvalue weighted by atomic mass is 32.1. The van der Waals surface area contributed by atoms with Crippen LogP contribution in [0.5, 0.6) is 0 Å². The van der Waals surface area contributed by atoms with Crippen LogP contribution in [-0.2, 0) is 11.2 Å². The molecule has 1 atom stereocenters. The van der Waals surface area contributed by atoms with E-state index in [9.17, 15) is 0 Å². The summed E-state index contributed by atoms with van der Waals surface area (Å²) in [6, 6.07) is 2.34. The van der Waals surface area contributed by atoms with Gasteiger partial charge < -0.3 is 19.8 Å². The largest absolute Gasteiger partial charge is 0.466 e. The van der Waals surface area contributed by atoms with Crippen LogP contribution in [-0.4, -0.2) is 25.4 Å². The molecule has 4 nitrogen and oxygen atoms in total. The molecule has 1 aromatic heterocycles. The van der Waals surface area contributed by atoms with Crippen molar-refractivity contribution in [3.63, 3.8) is 0 Å². The molecule has 0 amide bonds. The lowest BCUT2D eigenvalue weighted by Crippen LogP contribution is -2.42. The SMILES string of the molecule is COCCNC(=S)N[C@@H]1CC(C)(C)Cc2oc(C)cc21. The maximum absolute atomic E-state index is 5.83. The van der Waals surface area contributed by atoms with Crippen molar-refractivity contribution in [2.45, 2.75) is 39.7 Å². The first-order valence-corrected chi connectivity index (χ1v) is 7.44. The number of fused-ring (bicyclic) bond motifs is 1. The summed E-state index contributed by atoms with van der Waals surface area (Å²) in [6.07, 6.45) is 2.03. The molecule has 0 spiro atoms. The molecule has 0 radical (unpaired) electrons. The summed E-state index contributed by atoms with van der Waals surface area (Å²) in [6.45, 7) is 7.90. The Labute approximate surface area is 126 Å². The summed E-state index contributed by atoms with van der Waals surface area (Å²) < 4.78 is 10.8. The van der Waals surface area contributed by atoms with Gasteiger partial charge in [0.25, 0.3) is 0 Å². The Hall–Kier alpha value is -1.07. The van der Waals surface area contributed by atoms with Gasteiger partial charge in [0.1, 0.15) is 11.5 Å². The van der Waals surface area contributed by atoms with Crippen molar-refractivity contribution in [2.24, 2.45) is 5.41 Å². The van der Waals surface area contributed by atoms with Gasteiger partial charge in [-0.1, -0.05) is 13.8 Å². The number of methoxy groups -OCH3 is 1. The second-order valence-electron chi connectivity index (χ2n) is 6.23. The number of furan rings is 1. The van der Waals surface area contributed by atoms with E-state index in [0.717, 1.165) is 30.9 Å². The van der Waals surface area contributed by atoms with Crippen molar-refractivity contribution in [1.29, 1.82) is 0 Å². The predicted molar refractivity (Wildman–Crippen MR) is 83.9 cm³/mol. The number of aryl methyl sites for hydroxylation is 1. The molecule has 0 saturated heterocycles. The first-order valence-electron chi connectivity index (χ1n) is 7.04. The Balaban J connectivity index is 2.05. The highest BCUT2D eigenvalue weighted by Crippen LogP contribution is 2.41. The molecule has 1 aliphatic rings. The van der Waals surface area contributed by atoms with Crippen LogP contribution in [0.25, 0.3) is 0 Å². The fourth-order valence-electron chi connectivity index (χ4n) is 2.79. The van der Waals surface area contributed by atoms with Crippen LogP contribution in [0.2, 0.25) is 0 Å². The Bertz CT molecular complexity index is 482. The lowest BCUT2D eigenvalue weighted by molar-refractivity contribution is 0.203. The first kappa shape index (κ1) is 15.3. The minimum absolute atomic E-state index is 0.216. The lowest BCUT2D eigenvalue weighted by atomic mass is 9.75. The van der Waals surface area contributed by atoms with Crippen LogP contribution in [0.15, 0.2) is 10.5 Å². The van der Waals surface area contributed by atoms with Gasteiger partial charge in [-0.3, -0.25) is 0 Å². The van der Waals surface area contributed by atoms with E-state index in [4.69, 9.17) is 21.4 Å². The highest BCUT2D eigenvalue weighted by molar-refractivity contribution is 7.80. The molecule has 20 heavy (non-hydrogen) atoms. The molecule has 0 fully saturated rings. The molecular formula is C15H24N2O2S. The number of thiocarbonyl (C=S) groups is 1. The van der Waals surface area contributed by atoms with Crippen LogP contribution in [0.1, 0.15) is 43.4 Å². The van der Waals surface area contributed by atoms with Gasteiger partial charge in [0.2, 0.25) is 0 Å². The third-order valence-electron chi connectivity index (χ3n) is 3.63. The van der Waals surface area contributed by atoms with E-state index in [1.54, 1.807) is 7.11 Å². The number of hydrogen-bond acceptors (Lipinski definition) is 3. The molecule has 0 aliphatic heterocycles. The van der Waals surface area contributed by atoms with Gasteiger partial charge >= 0.3 is 0 Å². The van der Waals surface area contributed by atoms with Gasteiger partial charge in [-0.2, -0.15) is 0 Å². The zero-order valence-corrected chi connectivity index (χ0v) is 13.5. The second kappa shape index (κ2) is 6.14. The molecule has 0 aromatic carbocycles. The van der Waals surface area contributed by atoms with Crippen molar-refractivity contribution in [1.82, 2.24) is 10.6 Å². The third-order valence-corrected chi connectivity index (χ3v) is 3.90. The van der Waals surface area contributed by atoms with Crippen molar-refractivity contribution in [3.05, 3.63) is 23.2 Å². The average Bonchev–Trinajstić information content (AvgIpc) is 2.68. The Kier molecular flexibility index (Phi) is 4.70. The number of nitrogens with one attached hydrogen (secondary N) is 2. The molecule has 0 unspecified atom stereocenters. The number of ether oxygens (including phenoxy) is 1.